The van der Waals surface area contributed by atoms with Gasteiger partial charge in [-0.05, 0) is 42.0 Å². The summed E-state index contributed by atoms with van der Waals surface area (Å²) in [7, 11) is 0. The van der Waals surface area contributed by atoms with Crippen LogP contribution >= 0.6 is 15.9 Å². The van der Waals surface area contributed by atoms with Crippen molar-refractivity contribution in [2.45, 2.75) is 0 Å². The molecule has 0 unspecified atom stereocenters. The fraction of sp³-hybridized carbons (Fsp3) is 0. The van der Waals surface area contributed by atoms with Gasteiger partial charge in [-0.1, -0.05) is 28.1 Å². The molecule has 1 aromatic heterocycles. The Morgan fingerprint density at radius 3 is 2.84 bits per heavy atom. The van der Waals surface area contributed by atoms with Gasteiger partial charge in [0, 0.05) is 10.5 Å². The maximum absolute atomic E-state index is 13.0. The van der Waals surface area contributed by atoms with E-state index in [9.17, 15) is 4.39 Å². The predicted octanol–water partition coefficient (Wildman–Crippen LogP) is 4.90. The van der Waals surface area contributed by atoms with Crippen molar-refractivity contribution in [2.24, 2.45) is 0 Å². The molecule has 94 valence electrons. The van der Waals surface area contributed by atoms with Crippen LogP contribution in [0.15, 0.2) is 51.4 Å². The fourth-order valence-electron chi connectivity index (χ4n) is 1.77. The molecule has 0 fully saturated rings. The molecule has 2 nitrogen and oxygen atoms in total. The number of rotatable bonds is 2. The molecule has 2 aromatic carbocycles. The minimum absolute atomic E-state index is 0.261. The number of hydrogen-bond acceptors (Lipinski definition) is 2. The number of oxazole rings is 1. The van der Waals surface area contributed by atoms with Gasteiger partial charge in [0.05, 0.1) is 0 Å². The van der Waals surface area contributed by atoms with Gasteiger partial charge in [0.2, 0.25) is 5.89 Å². The van der Waals surface area contributed by atoms with Crippen LogP contribution in [0.1, 0.15) is 11.5 Å². The van der Waals surface area contributed by atoms with Crippen molar-refractivity contribution < 1.29 is 8.81 Å². The number of aromatic nitrogens is 1. The van der Waals surface area contributed by atoms with Gasteiger partial charge in [0.15, 0.2) is 5.58 Å². The molecule has 19 heavy (non-hydrogen) atoms. The lowest BCUT2D eigenvalue weighted by Crippen LogP contribution is -1.75. The smallest absolute Gasteiger partial charge is 0.220 e. The number of fused-ring (bicyclic) bond motifs is 1. The van der Waals surface area contributed by atoms with Crippen molar-refractivity contribution in [3.8, 4) is 0 Å². The monoisotopic (exact) mass is 317 g/mol. The molecule has 3 aromatic rings. The van der Waals surface area contributed by atoms with E-state index in [0.29, 0.717) is 5.89 Å². The zero-order valence-corrected chi connectivity index (χ0v) is 11.4. The molecule has 0 amide bonds. The van der Waals surface area contributed by atoms with Crippen LogP contribution in [0.25, 0.3) is 23.3 Å². The number of halogens is 2. The molecule has 0 bridgehead atoms. The highest BCUT2D eigenvalue weighted by molar-refractivity contribution is 9.10. The van der Waals surface area contributed by atoms with E-state index in [1.807, 2.05) is 24.3 Å². The molecule has 0 aliphatic carbocycles. The molecule has 0 saturated carbocycles. The molecule has 0 spiro atoms. The molecule has 0 aliphatic heterocycles. The third-order valence-corrected chi connectivity index (χ3v) is 3.13. The van der Waals surface area contributed by atoms with E-state index < -0.39 is 0 Å². The molecule has 1 heterocycles. The van der Waals surface area contributed by atoms with Gasteiger partial charge in [-0.2, -0.15) is 0 Å². The van der Waals surface area contributed by atoms with Crippen LogP contribution in [0.2, 0.25) is 0 Å². The lowest BCUT2D eigenvalue weighted by atomic mass is 10.2. The van der Waals surface area contributed by atoms with Gasteiger partial charge in [-0.25, -0.2) is 9.37 Å². The molecule has 3 rings (SSSR count). The van der Waals surface area contributed by atoms with Gasteiger partial charge in [0.25, 0.3) is 0 Å². The zero-order valence-electron chi connectivity index (χ0n) is 9.81. The highest BCUT2D eigenvalue weighted by Crippen LogP contribution is 2.21. The molecule has 0 saturated heterocycles. The summed E-state index contributed by atoms with van der Waals surface area (Å²) in [6.07, 6.45) is 3.49. The first-order valence-corrected chi connectivity index (χ1v) is 6.50. The molecule has 0 atom stereocenters. The van der Waals surface area contributed by atoms with Crippen LogP contribution in [0, 0.1) is 5.82 Å². The number of hydrogen-bond donors (Lipinski definition) is 0. The first-order valence-electron chi connectivity index (χ1n) is 5.70. The third kappa shape index (κ3) is 2.74. The SMILES string of the molecule is Fc1cccc(/C=C/c2nc3cc(Br)ccc3o2)c1. The Bertz CT molecular complexity index is 764. The highest BCUT2D eigenvalue weighted by atomic mass is 79.9. The summed E-state index contributed by atoms with van der Waals surface area (Å²) in [5, 5.41) is 0. The Hall–Kier alpha value is -1.94. The standard InChI is InChI=1S/C15H9BrFNO/c16-11-5-6-14-13(9-11)18-15(19-14)7-4-10-2-1-3-12(17)8-10/h1-9H/b7-4+. The van der Waals surface area contributed by atoms with E-state index in [0.717, 1.165) is 21.1 Å². The summed E-state index contributed by atoms with van der Waals surface area (Å²) in [6, 6.07) is 12.0. The van der Waals surface area contributed by atoms with Crippen molar-refractivity contribution >= 4 is 39.2 Å². The van der Waals surface area contributed by atoms with Crippen molar-refractivity contribution in [1.29, 1.82) is 0 Å². The lowest BCUT2D eigenvalue weighted by Gasteiger charge is -1.91. The molecule has 0 N–H and O–H groups in total. The van der Waals surface area contributed by atoms with Crippen LogP contribution in [0.3, 0.4) is 0 Å². The first-order chi connectivity index (χ1) is 9.20. The summed E-state index contributed by atoms with van der Waals surface area (Å²) in [5.74, 6) is 0.237. The van der Waals surface area contributed by atoms with Crippen LogP contribution in [-0.4, -0.2) is 4.98 Å². The molecule has 0 aliphatic rings. The maximum Gasteiger partial charge on any atom is 0.220 e. The van der Waals surface area contributed by atoms with Crippen LogP contribution in [0.4, 0.5) is 4.39 Å². The Labute approximate surface area is 117 Å². The van der Waals surface area contributed by atoms with E-state index in [1.54, 1.807) is 18.2 Å². The van der Waals surface area contributed by atoms with Gasteiger partial charge in [0.1, 0.15) is 11.3 Å². The van der Waals surface area contributed by atoms with Gasteiger partial charge < -0.3 is 4.42 Å². The third-order valence-electron chi connectivity index (χ3n) is 2.63. The summed E-state index contributed by atoms with van der Waals surface area (Å²) < 4.78 is 19.5. The summed E-state index contributed by atoms with van der Waals surface area (Å²) in [6.45, 7) is 0. The summed E-state index contributed by atoms with van der Waals surface area (Å²) in [4.78, 5) is 4.33. The summed E-state index contributed by atoms with van der Waals surface area (Å²) >= 11 is 3.38. The largest absolute Gasteiger partial charge is 0.437 e. The van der Waals surface area contributed by atoms with Crippen molar-refractivity contribution in [1.82, 2.24) is 4.98 Å². The van der Waals surface area contributed by atoms with E-state index in [4.69, 9.17) is 4.42 Å². The van der Waals surface area contributed by atoms with Crippen molar-refractivity contribution in [3.63, 3.8) is 0 Å². The summed E-state index contributed by atoms with van der Waals surface area (Å²) in [5.41, 5.74) is 2.28. The van der Waals surface area contributed by atoms with Gasteiger partial charge >= 0.3 is 0 Å². The lowest BCUT2D eigenvalue weighted by molar-refractivity contribution is 0.589. The van der Waals surface area contributed by atoms with Crippen LogP contribution in [-0.2, 0) is 0 Å². The second-order valence-corrected chi connectivity index (χ2v) is 4.97. The van der Waals surface area contributed by atoms with Crippen molar-refractivity contribution in [2.75, 3.05) is 0 Å². The molecule has 0 radical (unpaired) electrons. The fourth-order valence-corrected chi connectivity index (χ4v) is 2.12. The average Bonchev–Trinajstić information content (AvgIpc) is 2.78. The number of nitrogens with zero attached hydrogens (tertiary/aromatic N) is 1. The minimum atomic E-state index is -0.261. The quantitative estimate of drug-likeness (QED) is 0.672. The Balaban J connectivity index is 1.92. The Kier molecular flexibility index (Phi) is 3.17. The normalized spacial score (nSPS) is 11.5. The van der Waals surface area contributed by atoms with E-state index >= 15 is 0 Å². The van der Waals surface area contributed by atoms with E-state index in [-0.39, 0.29) is 5.82 Å². The van der Waals surface area contributed by atoms with E-state index in [1.165, 1.54) is 12.1 Å². The highest BCUT2D eigenvalue weighted by Gasteiger charge is 2.03. The second kappa shape index (κ2) is 4.97. The maximum atomic E-state index is 13.0. The zero-order chi connectivity index (χ0) is 13.2. The first kappa shape index (κ1) is 12.1. The minimum Gasteiger partial charge on any atom is -0.437 e. The van der Waals surface area contributed by atoms with Gasteiger partial charge in [-0.15, -0.1) is 0 Å². The predicted molar refractivity (Wildman–Crippen MR) is 77.0 cm³/mol. The molecular formula is C15H9BrFNO. The van der Waals surface area contributed by atoms with Gasteiger partial charge in [-0.3, -0.25) is 0 Å². The molecular weight excluding hydrogens is 309 g/mol. The van der Waals surface area contributed by atoms with Crippen LogP contribution < -0.4 is 0 Å². The average molecular weight is 318 g/mol. The molecule has 4 heteroatoms. The van der Waals surface area contributed by atoms with E-state index in [2.05, 4.69) is 20.9 Å². The van der Waals surface area contributed by atoms with Crippen molar-refractivity contribution in [3.05, 3.63) is 64.2 Å². The van der Waals surface area contributed by atoms with Crippen LogP contribution in [0.5, 0.6) is 0 Å². The Morgan fingerprint density at radius 2 is 2.00 bits per heavy atom. The Morgan fingerprint density at radius 1 is 1.11 bits per heavy atom. The topological polar surface area (TPSA) is 26.0 Å². The number of benzene rings is 2. The second-order valence-electron chi connectivity index (χ2n) is 4.05.